The molecular formula is C18H23N3O4. The van der Waals surface area contributed by atoms with Crippen molar-refractivity contribution >= 4 is 6.03 Å². The Labute approximate surface area is 147 Å². The third kappa shape index (κ3) is 5.36. The van der Waals surface area contributed by atoms with E-state index >= 15 is 0 Å². The van der Waals surface area contributed by atoms with Crippen LogP contribution in [0.3, 0.4) is 0 Å². The highest BCUT2D eigenvalue weighted by molar-refractivity contribution is 5.73. The minimum atomic E-state index is -0.862. The SMILES string of the molecule is CCOc1ncccc1CNC(=O)NC[C@@H](O)c1ccccc1OC. The van der Waals surface area contributed by atoms with Crippen molar-refractivity contribution in [1.82, 2.24) is 15.6 Å². The predicted molar refractivity (Wildman–Crippen MR) is 93.6 cm³/mol. The van der Waals surface area contributed by atoms with Crippen LogP contribution in [0.15, 0.2) is 42.6 Å². The average molecular weight is 345 g/mol. The zero-order valence-corrected chi connectivity index (χ0v) is 14.4. The summed E-state index contributed by atoms with van der Waals surface area (Å²) in [4.78, 5) is 16.1. The van der Waals surface area contributed by atoms with Gasteiger partial charge in [0.2, 0.25) is 5.88 Å². The standard InChI is InChI=1S/C18H23N3O4/c1-3-25-17-13(7-6-10-19-17)11-20-18(23)21-12-15(22)14-8-4-5-9-16(14)24-2/h4-10,15,22H,3,11-12H2,1-2H3,(H2,20,21,23)/t15-/m1/s1. The lowest BCUT2D eigenvalue weighted by Gasteiger charge is -2.16. The van der Waals surface area contributed by atoms with Crippen molar-refractivity contribution < 1.29 is 19.4 Å². The summed E-state index contributed by atoms with van der Waals surface area (Å²) in [7, 11) is 1.54. The minimum Gasteiger partial charge on any atom is -0.496 e. The molecule has 25 heavy (non-hydrogen) atoms. The molecule has 134 valence electrons. The van der Waals surface area contributed by atoms with Crippen LogP contribution in [0.4, 0.5) is 4.79 Å². The second-order valence-electron chi connectivity index (χ2n) is 5.22. The van der Waals surface area contributed by atoms with Gasteiger partial charge < -0.3 is 25.2 Å². The molecule has 0 bridgehead atoms. The number of amides is 2. The average Bonchev–Trinajstić information content (AvgIpc) is 2.65. The Morgan fingerprint density at radius 2 is 2.04 bits per heavy atom. The lowest BCUT2D eigenvalue weighted by atomic mass is 10.1. The third-order valence-electron chi connectivity index (χ3n) is 3.52. The summed E-state index contributed by atoms with van der Waals surface area (Å²) in [5.41, 5.74) is 1.40. The summed E-state index contributed by atoms with van der Waals surface area (Å²) in [5, 5.41) is 15.6. The highest BCUT2D eigenvalue weighted by atomic mass is 16.5. The number of benzene rings is 1. The molecule has 0 saturated heterocycles. The number of para-hydroxylation sites is 1. The van der Waals surface area contributed by atoms with Crippen LogP contribution >= 0.6 is 0 Å². The maximum atomic E-state index is 11.9. The lowest BCUT2D eigenvalue weighted by Crippen LogP contribution is -2.37. The van der Waals surface area contributed by atoms with Crippen LogP contribution < -0.4 is 20.1 Å². The van der Waals surface area contributed by atoms with E-state index in [1.54, 1.807) is 30.5 Å². The van der Waals surface area contributed by atoms with Gasteiger partial charge in [-0.2, -0.15) is 0 Å². The lowest BCUT2D eigenvalue weighted by molar-refractivity contribution is 0.169. The van der Waals surface area contributed by atoms with Crippen LogP contribution in [0.1, 0.15) is 24.2 Å². The Morgan fingerprint density at radius 1 is 1.24 bits per heavy atom. The molecule has 0 unspecified atom stereocenters. The van der Waals surface area contributed by atoms with Gasteiger partial charge in [-0.1, -0.05) is 24.3 Å². The van der Waals surface area contributed by atoms with E-state index in [9.17, 15) is 9.90 Å². The molecule has 7 nitrogen and oxygen atoms in total. The molecule has 0 spiro atoms. The molecule has 1 aromatic heterocycles. The first kappa shape index (κ1) is 18.5. The fourth-order valence-electron chi connectivity index (χ4n) is 2.30. The molecule has 1 aromatic carbocycles. The van der Waals surface area contributed by atoms with Crippen LogP contribution in [0, 0.1) is 0 Å². The van der Waals surface area contributed by atoms with Crippen LogP contribution in [0.5, 0.6) is 11.6 Å². The number of ether oxygens (including phenoxy) is 2. The van der Waals surface area contributed by atoms with E-state index < -0.39 is 6.10 Å². The van der Waals surface area contributed by atoms with Crippen LogP contribution in [-0.2, 0) is 6.54 Å². The summed E-state index contributed by atoms with van der Waals surface area (Å²) in [6, 6.07) is 10.4. The van der Waals surface area contributed by atoms with E-state index in [0.29, 0.717) is 23.8 Å². The molecule has 2 amide bonds. The van der Waals surface area contributed by atoms with Crippen molar-refractivity contribution in [2.75, 3.05) is 20.3 Å². The zero-order chi connectivity index (χ0) is 18.1. The molecule has 0 aliphatic heterocycles. The van der Waals surface area contributed by atoms with Crippen molar-refractivity contribution in [1.29, 1.82) is 0 Å². The molecule has 3 N–H and O–H groups in total. The molecule has 0 aliphatic rings. The summed E-state index contributed by atoms with van der Waals surface area (Å²) < 4.78 is 10.6. The number of nitrogens with zero attached hydrogens (tertiary/aromatic N) is 1. The Bertz CT molecular complexity index is 694. The first-order valence-corrected chi connectivity index (χ1v) is 8.05. The normalized spacial score (nSPS) is 11.5. The highest BCUT2D eigenvalue weighted by Gasteiger charge is 2.14. The number of aromatic nitrogens is 1. The maximum Gasteiger partial charge on any atom is 0.315 e. The Balaban J connectivity index is 1.85. The van der Waals surface area contributed by atoms with Gasteiger partial charge in [0.25, 0.3) is 0 Å². The van der Waals surface area contributed by atoms with Gasteiger partial charge in [0.15, 0.2) is 0 Å². The number of carbonyl (C=O) groups excluding carboxylic acids is 1. The summed E-state index contributed by atoms with van der Waals surface area (Å²) >= 11 is 0. The van der Waals surface area contributed by atoms with Crippen molar-refractivity contribution in [3.05, 3.63) is 53.7 Å². The first-order chi connectivity index (χ1) is 12.2. The van der Waals surface area contributed by atoms with Gasteiger partial charge in [-0.15, -0.1) is 0 Å². The van der Waals surface area contributed by atoms with Crippen molar-refractivity contribution in [3.8, 4) is 11.6 Å². The Hall–Kier alpha value is -2.80. The molecule has 1 atom stereocenters. The third-order valence-corrected chi connectivity index (χ3v) is 3.52. The highest BCUT2D eigenvalue weighted by Crippen LogP contribution is 2.23. The number of aliphatic hydroxyl groups excluding tert-OH is 1. The van der Waals surface area contributed by atoms with Gasteiger partial charge in [0.1, 0.15) is 5.75 Å². The Kier molecular flexibility index (Phi) is 7.03. The summed E-state index contributed by atoms with van der Waals surface area (Å²) in [5.74, 6) is 1.08. The van der Waals surface area contributed by atoms with Gasteiger partial charge in [0.05, 0.1) is 19.8 Å². The molecule has 1 heterocycles. The number of nitrogens with one attached hydrogen (secondary N) is 2. The van der Waals surface area contributed by atoms with E-state index in [2.05, 4.69) is 15.6 Å². The van der Waals surface area contributed by atoms with Gasteiger partial charge in [-0.25, -0.2) is 9.78 Å². The molecule has 0 aliphatic carbocycles. The number of rotatable bonds is 8. The topological polar surface area (TPSA) is 92.7 Å². The minimum absolute atomic E-state index is 0.0670. The van der Waals surface area contributed by atoms with Crippen molar-refractivity contribution in [3.63, 3.8) is 0 Å². The fraction of sp³-hybridized carbons (Fsp3) is 0.333. The smallest absolute Gasteiger partial charge is 0.315 e. The Morgan fingerprint density at radius 3 is 2.80 bits per heavy atom. The number of hydrogen-bond donors (Lipinski definition) is 3. The molecule has 2 rings (SSSR count). The van der Waals surface area contributed by atoms with Crippen LogP contribution in [0.2, 0.25) is 0 Å². The fourth-order valence-corrected chi connectivity index (χ4v) is 2.30. The quantitative estimate of drug-likeness (QED) is 0.681. The summed E-state index contributed by atoms with van der Waals surface area (Å²) in [6.45, 7) is 2.72. The first-order valence-electron chi connectivity index (χ1n) is 8.05. The number of methoxy groups -OCH3 is 1. The maximum absolute atomic E-state index is 11.9. The van der Waals surface area contributed by atoms with Gasteiger partial charge >= 0.3 is 6.03 Å². The predicted octanol–water partition coefficient (Wildman–Crippen LogP) is 2.02. The number of urea groups is 1. The largest absolute Gasteiger partial charge is 0.496 e. The molecule has 0 saturated carbocycles. The van der Waals surface area contributed by atoms with Gasteiger partial charge in [0, 0.05) is 30.4 Å². The second-order valence-corrected chi connectivity index (χ2v) is 5.22. The van der Waals surface area contributed by atoms with Crippen LogP contribution in [-0.4, -0.2) is 36.4 Å². The van der Waals surface area contributed by atoms with Crippen molar-refractivity contribution in [2.24, 2.45) is 0 Å². The van der Waals surface area contributed by atoms with E-state index in [-0.39, 0.29) is 19.1 Å². The molecule has 7 heteroatoms. The second kappa shape index (κ2) is 9.48. The molecule has 0 fully saturated rings. The summed E-state index contributed by atoms with van der Waals surface area (Å²) in [6.07, 6.45) is 0.775. The number of aliphatic hydroxyl groups is 1. The number of hydrogen-bond acceptors (Lipinski definition) is 5. The van der Waals surface area contributed by atoms with E-state index in [1.165, 1.54) is 7.11 Å². The van der Waals surface area contributed by atoms with Gasteiger partial charge in [-0.05, 0) is 19.1 Å². The van der Waals surface area contributed by atoms with Gasteiger partial charge in [-0.3, -0.25) is 0 Å². The monoisotopic (exact) mass is 345 g/mol. The number of pyridine rings is 1. The molecule has 2 aromatic rings. The van der Waals surface area contributed by atoms with E-state index in [0.717, 1.165) is 5.56 Å². The molecule has 0 radical (unpaired) electrons. The van der Waals surface area contributed by atoms with E-state index in [1.807, 2.05) is 19.1 Å². The van der Waals surface area contributed by atoms with Crippen LogP contribution in [0.25, 0.3) is 0 Å². The zero-order valence-electron chi connectivity index (χ0n) is 14.4. The van der Waals surface area contributed by atoms with E-state index in [4.69, 9.17) is 9.47 Å². The molecular weight excluding hydrogens is 322 g/mol. The van der Waals surface area contributed by atoms with Crippen molar-refractivity contribution in [2.45, 2.75) is 19.6 Å². The number of carbonyl (C=O) groups is 1.